The van der Waals surface area contributed by atoms with Gasteiger partial charge in [0.05, 0.1) is 19.6 Å². The molecule has 5 nitrogen and oxygen atoms in total. The van der Waals surface area contributed by atoms with Crippen molar-refractivity contribution in [3.05, 3.63) is 0 Å². The molecule has 0 aromatic carbocycles. The largest absolute Gasteiger partial charge is 0.466 e. The molecule has 1 N–H and O–H groups in total. The van der Waals surface area contributed by atoms with Crippen LogP contribution in [0.1, 0.15) is 13.3 Å². The Morgan fingerprint density at radius 1 is 1.31 bits per heavy atom. The Morgan fingerprint density at radius 3 is 2.69 bits per heavy atom. The molecule has 0 radical (unpaired) electrons. The van der Waals surface area contributed by atoms with Gasteiger partial charge in [0.15, 0.2) is 0 Å². The van der Waals surface area contributed by atoms with E-state index in [1.807, 2.05) is 14.0 Å². The van der Waals surface area contributed by atoms with Crippen LogP contribution in [0.3, 0.4) is 0 Å². The molecular weight excluding hydrogens is 208 g/mol. The van der Waals surface area contributed by atoms with Crippen molar-refractivity contribution in [2.24, 2.45) is 0 Å². The number of methoxy groups -OCH3 is 1. The minimum Gasteiger partial charge on any atom is -0.466 e. The van der Waals surface area contributed by atoms with E-state index in [9.17, 15) is 4.79 Å². The van der Waals surface area contributed by atoms with Crippen molar-refractivity contribution >= 4 is 5.97 Å². The van der Waals surface area contributed by atoms with Crippen molar-refractivity contribution in [3.8, 4) is 0 Å². The third kappa shape index (κ3) is 9.89. The van der Waals surface area contributed by atoms with E-state index < -0.39 is 0 Å². The van der Waals surface area contributed by atoms with E-state index in [-0.39, 0.29) is 5.97 Å². The van der Waals surface area contributed by atoms with Gasteiger partial charge in [-0.2, -0.15) is 0 Å². The molecule has 0 bridgehead atoms. The van der Waals surface area contributed by atoms with Gasteiger partial charge >= 0.3 is 5.97 Å². The minimum atomic E-state index is -0.136. The number of ether oxygens (including phenoxy) is 2. The van der Waals surface area contributed by atoms with Gasteiger partial charge in [-0.3, -0.25) is 4.79 Å². The molecule has 0 aromatic heterocycles. The van der Waals surface area contributed by atoms with Gasteiger partial charge in [0, 0.05) is 33.3 Å². The molecule has 0 unspecified atom stereocenters. The van der Waals surface area contributed by atoms with Crippen LogP contribution in [0.4, 0.5) is 0 Å². The summed E-state index contributed by atoms with van der Waals surface area (Å²) in [6.45, 7) is 6.45. The number of nitrogens with one attached hydrogen (secondary N) is 1. The van der Waals surface area contributed by atoms with E-state index in [2.05, 4.69) is 10.2 Å². The maximum Gasteiger partial charge on any atom is 0.307 e. The number of carbonyl (C=O) groups is 1. The van der Waals surface area contributed by atoms with E-state index in [1.54, 1.807) is 7.11 Å². The van der Waals surface area contributed by atoms with Crippen LogP contribution in [0.15, 0.2) is 0 Å². The topological polar surface area (TPSA) is 50.8 Å². The maximum absolute atomic E-state index is 11.0. The second kappa shape index (κ2) is 10.9. The summed E-state index contributed by atoms with van der Waals surface area (Å²) in [6.07, 6.45) is 0.440. The van der Waals surface area contributed by atoms with Crippen LogP contribution < -0.4 is 5.32 Å². The van der Waals surface area contributed by atoms with E-state index >= 15 is 0 Å². The average Bonchev–Trinajstić information content (AvgIpc) is 2.26. The number of rotatable bonds is 10. The Kier molecular flexibility index (Phi) is 10.4. The molecule has 0 saturated carbocycles. The van der Waals surface area contributed by atoms with Crippen molar-refractivity contribution in [1.82, 2.24) is 10.2 Å². The van der Waals surface area contributed by atoms with E-state index in [0.29, 0.717) is 19.6 Å². The molecule has 16 heavy (non-hydrogen) atoms. The lowest BCUT2D eigenvalue weighted by atomic mass is 10.4. The normalized spacial score (nSPS) is 10.8. The van der Waals surface area contributed by atoms with E-state index in [4.69, 9.17) is 9.47 Å². The predicted octanol–water partition coefficient (Wildman–Crippen LogP) is 0.107. The van der Waals surface area contributed by atoms with E-state index in [0.717, 1.165) is 26.2 Å². The Hall–Kier alpha value is -0.650. The highest BCUT2D eigenvalue weighted by Crippen LogP contribution is 1.85. The fourth-order valence-corrected chi connectivity index (χ4v) is 1.18. The van der Waals surface area contributed by atoms with Crippen molar-refractivity contribution in [1.29, 1.82) is 0 Å². The molecule has 0 aliphatic rings. The van der Waals surface area contributed by atoms with E-state index in [1.165, 1.54) is 0 Å². The molecule has 5 heteroatoms. The molecule has 0 rings (SSSR count). The van der Waals surface area contributed by atoms with Crippen LogP contribution in [0, 0.1) is 0 Å². The fourth-order valence-electron chi connectivity index (χ4n) is 1.18. The lowest BCUT2D eigenvalue weighted by Crippen LogP contribution is -2.32. The molecule has 0 aliphatic heterocycles. The Balaban J connectivity index is 3.23. The first-order chi connectivity index (χ1) is 7.70. The number of nitrogens with zero attached hydrogens (tertiary/aromatic N) is 1. The number of hydrogen-bond acceptors (Lipinski definition) is 5. The molecule has 0 spiro atoms. The molecule has 0 heterocycles. The molecular formula is C11H24N2O3. The summed E-state index contributed by atoms with van der Waals surface area (Å²) in [5.74, 6) is -0.136. The summed E-state index contributed by atoms with van der Waals surface area (Å²) in [6, 6.07) is 0. The number of esters is 1. The zero-order valence-corrected chi connectivity index (χ0v) is 10.6. The first-order valence-electron chi connectivity index (χ1n) is 5.74. The van der Waals surface area contributed by atoms with Gasteiger partial charge < -0.3 is 19.7 Å². The van der Waals surface area contributed by atoms with Crippen LogP contribution >= 0.6 is 0 Å². The highest BCUT2D eigenvalue weighted by Gasteiger charge is 2.01. The van der Waals surface area contributed by atoms with Gasteiger partial charge in [0.2, 0.25) is 0 Å². The molecule has 0 fully saturated rings. The molecule has 96 valence electrons. The van der Waals surface area contributed by atoms with Gasteiger partial charge in [-0.05, 0) is 14.0 Å². The second-order valence-electron chi connectivity index (χ2n) is 3.60. The minimum absolute atomic E-state index is 0.136. The zero-order valence-electron chi connectivity index (χ0n) is 10.6. The molecule has 0 saturated heterocycles. The summed E-state index contributed by atoms with van der Waals surface area (Å²) < 4.78 is 9.79. The van der Waals surface area contributed by atoms with Crippen molar-refractivity contribution in [2.75, 3.05) is 53.6 Å². The highest BCUT2D eigenvalue weighted by molar-refractivity contribution is 5.69. The fraction of sp³-hybridized carbons (Fsp3) is 0.909. The zero-order chi connectivity index (χ0) is 12.2. The van der Waals surface area contributed by atoms with Crippen LogP contribution in [0.2, 0.25) is 0 Å². The molecule has 0 aromatic rings. The Labute approximate surface area is 98.1 Å². The summed E-state index contributed by atoms with van der Waals surface area (Å²) in [5.41, 5.74) is 0. The van der Waals surface area contributed by atoms with Crippen molar-refractivity contribution in [3.63, 3.8) is 0 Å². The highest BCUT2D eigenvalue weighted by atomic mass is 16.5. The van der Waals surface area contributed by atoms with Crippen molar-refractivity contribution < 1.29 is 14.3 Å². The third-order valence-corrected chi connectivity index (χ3v) is 2.16. The lowest BCUT2D eigenvalue weighted by Gasteiger charge is -2.15. The van der Waals surface area contributed by atoms with Crippen LogP contribution in [0.25, 0.3) is 0 Å². The lowest BCUT2D eigenvalue weighted by molar-refractivity contribution is -0.142. The smallest absolute Gasteiger partial charge is 0.307 e. The number of likely N-dealkylation sites (N-methyl/N-ethyl adjacent to an activating group) is 1. The van der Waals surface area contributed by atoms with Crippen LogP contribution in [-0.4, -0.2) is 64.4 Å². The molecule has 0 amide bonds. The summed E-state index contributed by atoms with van der Waals surface area (Å²) >= 11 is 0. The number of hydrogen-bond donors (Lipinski definition) is 1. The second-order valence-corrected chi connectivity index (χ2v) is 3.60. The summed E-state index contributed by atoms with van der Waals surface area (Å²) in [5, 5.41) is 3.20. The van der Waals surface area contributed by atoms with Gasteiger partial charge in [0.1, 0.15) is 0 Å². The first-order valence-corrected chi connectivity index (χ1v) is 5.74. The predicted molar refractivity (Wildman–Crippen MR) is 63.5 cm³/mol. The van der Waals surface area contributed by atoms with Gasteiger partial charge in [0.25, 0.3) is 0 Å². The van der Waals surface area contributed by atoms with Crippen LogP contribution in [0.5, 0.6) is 0 Å². The number of carbonyl (C=O) groups excluding carboxylic acids is 1. The van der Waals surface area contributed by atoms with Crippen molar-refractivity contribution in [2.45, 2.75) is 13.3 Å². The molecule has 0 aliphatic carbocycles. The monoisotopic (exact) mass is 232 g/mol. The standard InChI is InChI=1S/C11H24N2O3/c1-4-16-11(14)5-6-12-7-8-13(2)9-10-15-3/h12H,4-10H2,1-3H3. The Morgan fingerprint density at radius 2 is 2.06 bits per heavy atom. The quantitative estimate of drug-likeness (QED) is 0.428. The van der Waals surface area contributed by atoms with Gasteiger partial charge in [-0.1, -0.05) is 0 Å². The van der Waals surface area contributed by atoms with Gasteiger partial charge in [-0.25, -0.2) is 0 Å². The third-order valence-electron chi connectivity index (χ3n) is 2.16. The molecule has 0 atom stereocenters. The summed E-state index contributed by atoms with van der Waals surface area (Å²) in [7, 11) is 3.75. The van der Waals surface area contributed by atoms with Crippen LogP contribution in [-0.2, 0) is 14.3 Å². The van der Waals surface area contributed by atoms with Gasteiger partial charge in [-0.15, -0.1) is 0 Å². The average molecular weight is 232 g/mol. The Bertz CT molecular complexity index is 177. The SMILES string of the molecule is CCOC(=O)CCNCCN(C)CCOC. The summed E-state index contributed by atoms with van der Waals surface area (Å²) in [4.78, 5) is 13.2. The first kappa shape index (κ1) is 15.3. The maximum atomic E-state index is 11.0.